The van der Waals surface area contributed by atoms with Gasteiger partial charge in [0.1, 0.15) is 17.4 Å². The van der Waals surface area contributed by atoms with Crippen LogP contribution in [0.5, 0.6) is 17.2 Å². The molecule has 0 aliphatic carbocycles. The first-order valence-electron chi connectivity index (χ1n) is 8.76. The monoisotopic (exact) mass is 380 g/mol. The average Bonchev–Trinajstić information content (AvgIpc) is 2.71. The van der Waals surface area contributed by atoms with E-state index in [4.69, 9.17) is 14.2 Å². The second-order valence-corrected chi connectivity index (χ2v) is 6.35. The maximum Gasteiger partial charge on any atom is 0.266 e. The number of anilines is 1. The van der Waals surface area contributed by atoms with Crippen molar-refractivity contribution < 1.29 is 19.0 Å². The minimum atomic E-state index is -0.503. The highest BCUT2D eigenvalue weighted by Gasteiger charge is 2.13. The van der Waals surface area contributed by atoms with E-state index in [0.29, 0.717) is 17.2 Å². The minimum Gasteiger partial charge on any atom is -0.496 e. The number of nitrogens with one attached hydrogen (secondary N) is 1. The lowest BCUT2D eigenvalue weighted by atomic mass is 9.98. The smallest absolute Gasteiger partial charge is 0.266 e. The van der Waals surface area contributed by atoms with Gasteiger partial charge in [-0.15, -0.1) is 0 Å². The van der Waals surface area contributed by atoms with Gasteiger partial charge in [0, 0.05) is 11.8 Å². The van der Waals surface area contributed by atoms with Crippen LogP contribution >= 0.6 is 0 Å². The standard InChI is InChI=1S/C22H24N2O4/c1-14(2)18-11-15(6-8-19(18)26-3)10-16(13-23)22(25)24-17-7-9-20(27-4)21(12-17)28-5/h6-12,14H,1-5H3,(H,24,25)/b16-10+. The van der Waals surface area contributed by atoms with E-state index in [0.717, 1.165) is 16.9 Å². The largest absolute Gasteiger partial charge is 0.496 e. The van der Waals surface area contributed by atoms with Gasteiger partial charge < -0.3 is 19.5 Å². The number of hydrogen-bond acceptors (Lipinski definition) is 5. The van der Waals surface area contributed by atoms with Gasteiger partial charge in [-0.05, 0) is 47.4 Å². The molecule has 0 atom stereocenters. The Labute approximate surface area is 165 Å². The Bertz CT molecular complexity index is 927. The summed E-state index contributed by atoms with van der Waals surface area (Å²) in [5, 5.41) is 12.2. The Morgan fingerprint density at radius 1 is 1.00 bits per heavy atom. The van der Waals surface area contributed by atoms with Gasteiger partial charge in [-0.3, -0.25) is 4.79 Å². The zero-order valence-corrected chi connectivity index (χ0v) is 16.7. The van der Waals surface area contributed by atoms with Gasteiger partial charge in [-0.1, -0.05) is 19.9 Å². The molecule has 2 aromatic carbocycles. The molecule has 28 heavy (non-hydrogen) atoms. The van der Waals surface area contributed by atoms with Crippen molar-refractivity contribution in [3.8, 4) is 23.3 Å². The Balaban J connectivity index is 2.29. The number of carbonyl (C=O) groups excluding carboxylic acids is 1. The summed E-state index contributed by atoms with van der Waals surface area (Å²) in [6.07, 6.45) is 1.56. The van der Waals surface area contributed by atoms with Crippen molar-refractivity contribution in [3.63, 3.8) is 0 Å². The number of benzene rings is 2. The van der Waals surface area contributed by atoms with Crippen LogP contribution in [0.1, 0.15) is 30.9 Å². The number of hydrogen-bond donors (Lipinski definition) is 1. The van der Waals surface area contributed by atoms with Crippen LogP contribution in [0.3, 0.4) is 0 Å². The summed E-state index contributed by atoms with van der Waals surface area (Å²) < 4.78 is 15.8. The molecule has 0 aliphatic rings. The second-order valence-electron chi connectivity index (χ2n) is 6.35. The maximum atomic E-state index is 12.5. The maximum absolute atomic E-state index is 12.5. The number of carbonyl (C=O) groups is 1. The molecule has 0 aromatic heterocycles. The molecule has 146 valence electrons. The van der Waals surface area contributed by atoms with Crippen molar-refractivity contribution in [2.45, 2.75) is 19.8 Å². The third-order valence-electron chi connectivity index (χ3n) is 4.19. The first-order valence-corrected chi connectivity index (χ1v) is 8.76. The van der Waals surface area contributed by atoms with Gasteiger partial charge in [-0.25, -0.2) is 0 Å². The number of rotatable bonds is 7. The fourth-order valence-electron chi connectivity index (χ4n) is 2.72. The molecule has 0 spiro atoms. The van der Waals surface area contributed by atoms with Crippen LogP contribution in [-0.4, -0.2) is 27.2 Å². The fraction of sp³-hybridized carbons (Fsp3) is 0.273. The minimum absolute atomic E-state index is 0.00495. The molecule has 0 saturated carbocycles. The van der Waals surface area contributed by atoms with Gasteiger partial charge in [0.2, 0.25) is 0 Å². The van der Waals surface area contributed by atoms with Gasteiger partial charge in [0.25, 0.3) is 5.91 Å². The highest BCUT2D eigenvalue weighted by Crippen LogP contribution is 2.30. The van der Waals surface area contributed by atoms with Gasteiger partial charge >= 0.3 is 0 Å². The third kappa shape index (κ3) is 4.83. The predicted octanol–water partition coefficient (Wildman–Crippen LogP) is 4.38. The van der Waals surface area contributed by atoms with Crippen molar-refractivity contribution in [1.29, 1.82) is 5.26 Å². The van der Waals surface area contributed by atoms with Crippen LogP contribution in [0, 0.1) is 11.3 Å². The second kappa shape index (κ2) is 9.47. The van der Waals surface area contributed by atoms with Crippen LogP contribution in [0.2, 0.25) is 0 Å². The molecule has 1 amide bonds. The van der Waals surface area contributed by atoms with E-state index in [1.165, 1.54) is 14.2 Å². The zero-order valence-electron chi connectivity index (χ0n) is 16.7. The Morgan fingerprint density at radius 2 is 1.64 bits per heavy atom. The van der Waals surface area contributed by atoms with Crippen LogP contribution in [-0.2, 0) is 4.79 Å². The number of nitrogens with zero attached hydrogens (tertiary/aromatic N) is 1. The lowest BCUT2D eigenvalue weighted by Gasteiger charge is -2.13. The third-order valence-corrected chi connectivity index (χ3v) is 4.19. The van der Waals surface area contributed by atoms with E-state index in [2.05, 4.69) is 19.2 Å². The normalized spacial score (nSPS) is 11.0. The number of nitriles is 1. The molecule has 0 saturated heterocycles. The predicted molar refractivity (Wildman–Crippen MR) is 109 cm³/mol. The Morgan fingerprint density at radius 3 is 2.21 bits per heavy atom. The highest BCUT2D eigenvalue weighted by atomic mass is 16.5. The van der Waals surface area contributed by atoms with Gasteiger partial charge in [0.15, 0.2) is 11.5 Å². The van der Waals surface area contributed by atoms with Crippen LogP contribution in [0.15, 0.2) is 42.0 Å². The molecular weight excluding hydrogens is 356 g/mol. The molecule has 6 nitrogen and oxygen atoms in total. The van der Waals surface area contributed by atoms with E-state index in [1.54, 1.807) is 31.4 Å². The molecule has 0 bridgehead atoms. The molecule has 2 rings (SSSR count). The summed E-state index contributed by atoms with van der Waals surface area (Å²) in [7, 11) is 4.67. The molecule has 0 fully saturated rings. The molecule has 6 heteroatoms. The fourth-order valence-corrected chi connectivity index (χ4v) is 2.72. The quantitative estimate of drug-likeness (QED) is 0.569. The summed E-state index contributed by atoms with van der Waals surface area (Å²) in [4.78, 5) is 12.5. The van der Waals surface area contributed by atoms with Crippen molar-refractivity contribution in [2.75, 3.05) is 26.6 Å². The van der Waals surface area contributed by atoms with Crippen molar-refractivity contribution in [2.24, 2.45) is 0 Å². The topological polar surface area (TPSA) is 80.6 Å². The van der Waals surface area contributed by atoms with E-state index < -0.39 is 5.91 Å². The van der Waals surface area contributed by atoms with E-state index in [9.17, 15) is 10.1 Å². The number of methoxy groups -OCH3 is 3. The Kier molecular flexibility index (Phi) is 7.05. The zero-order chi connectivity index (χ0) is 20.7. The summed E-state index contributed by atoms with van der Waals surface area (Å²) in [5.74, 6) is 1.56. The summed E-state index contributed by atoms with van der Waals surface area (Å²) >= 11 is 0. The van der Waals surface area contributed by atoms with Crippen LogP contribution in [0.25, 0.3) is 6.08 Å². The molecule has 2 aromatic rings. The molecular formula is C22H24N2O4. The van der Waals surface area contributed by atoms with Crippen LogP contribution in [0.4, 0.5) is 5.69 Å². The molecule has 0 heterocycles. The van der Waals surface area contributed by atoms with Crippen molar-refractivity contribution in [3.05, 3.63) is 53.1 Å². The van der Waals surface area contributed by atoms with E-state index in [-0.39, 0.29) is 11.5 Å². The van der Waals surface area contributed by atoms with Gasteiger partial charge in [-0.2, -0.15) is 5.26 Å². The van der Waals surface area contributed by atoms with Crippen molar-refractivity contribution in [1.82, 2.24) is 0 Å². The van der Waals surface area contributed by atoms with E-state index >= 15 is 0 Å². The summed E-state index contributed by atoms with van der Waals surface area (Å²) in [6, 6.07) is 12.5. The lowest BCUT2D eigenvalue weighted by Crippen LogP contribution is -2.13. The van der Waals surface area contributed by atoms with Gasteiger partial charge in [0.05, 0.1) is 21.3 Å². The summed E-state index contributed by atoms with van der Waals surface area (Å²) in [5.41, 5.74) is 2.26. The van der Waals surface area contributed by atoms with Crippen molar-refractivity contribution >= 4 is 17.7 Å². The molecule has 0 unspecified atom stereocenters. The summed E-state index contributed by atoms with van der Waals surface area (Å²) in [6.45, 7) is 4.11. The number of ether oxygens (including phenoxy) is 3. The Hall–Kier alpha value is -3.46. The molecule has 1 N–H and O–H groups in total. The average molecular weight is 380 g/mol. The molecule has 0 aliphatic heterocycles. The number of amides is 1. The highest BCUT2D eigenvalue weighted by molar-refractivity contribution is 6.09. The lowest BCUT2D eigenvalue weighted by molar-refractivity contribution is -0.112. The van der Waals surface area contributed by atoms with Crippen LogP contribution < -0.4 is 19.5 Å². The first-order chi connectivity index (χ1) is 13.4. The SMILES string of the molecule is COc1ccc(NC(=O)/C(C#N)=C/c2ccc(OC)c(C(C)C)c2)cc1OC. The van der Waals surface area contributed by atoms with E-state index in [1.807, 2.05) is 24.3 Å². The first kappa shape index (κ1) is 20.8. The molecule has 0 radical (unpaired) electrons.